The fourth-order valence-electron chi connectivity index (χ4n) is 1.82. The molecule has 0 aliphatic carbocycles. The Kier molecular flexibility index (Phi) is 4.54. The van der Waals surface area contributed by atoms with Gasteiger partial charge in [0.2, 0.25) is 10.0 Å². The second-order valence-electron chi connectivity index (χ2n) is 4.39. The van der Waals surface area contributed by atoms with Crippen LogP contribution in [-0.2, 0) is 15.8 Å². The molecule has 0 aromatic heterocycles. The van der Waals surface area contributed by atoms with E-state index in [1.165, 1.54) is 24.3 Å². The Bertz CT molecular complexity index is 759. The van der Waals surface area contributed by atoms with E-state index < -0.39 is 15.8 Å². The van der Waals surface area contributed by atoms with Gasteiger partial charge in [-0.15, -0.1) is 0 Å². The first-order chi connectivity index (χ1) is 9.87. The van der Waals surface area contributed by atoms with Crippen molar-refractivity contribution in [2.75, 3.05) is 4.72 Å². The van der Waals surface area contributed by atoms with Crippen molar-refractivity contribution in [1.82, 2.24) is 0 Å². The van der Waals surface area contributed by atoms with Gasteiger partial charge in [-0.2, -0.15) is 0 Å². The summed E-state index contributed by atoms with van der Waals surface area (Å²) in [6, 6.07) is 11.8. The quantitative estimate of drug-likeness (QED) is 0.829. The molecule has 0 unspecified atom stereocenters. The minimum Gasteiger partial charge on any atom is -0.389 e. The van der Waals surface area contributed by atoms with E-state index in [-0.39, 0.29) is 10.7 Å². The van der Waals surface area contributed by atoms with Gasteiger partial charge in [-0.05, 0) is 29.8 Å². The highest BCUT2D eigenvalue weighted by Gasteiger charge is 2.15. The van der Waals surface area contributed by atoms with Gasteiger partial charge in [-0.25, -0.2) is 12.8 Å². The zero-order valence-corrected chi connectivity index (χ0v) is 12.5. The zero-order valence-electron chi connectivity index (χ0n) is 10.9. The van der Waals surface area contributed by atoms with Gasteiger partial charge in [0.25, 0.3) is 0 Å². The van der Waals surface area contributed by atoms with Crippen LogP contribution in [0.15, 0.2) is 48.5 Å². The summed E-state index contributed by atoms with van der Waals surface area (Å²) in [6.07, 6.45) is 0. The van der Waals surface area contributed by atoms with Gasteiger partial charge in [0, 0.05) is 11.3 Å². The summed E-state index contributed by atoms with van der Waals surface area (Å²) in [4.78, 5) is 0.141. The predicted octanol–water partition coefficient (Wildman–Crippen LogP) is 2.40. The molecular formula is C14H13FN2O2S2. The van der Waals surface area contributed by atoms with Gasteiger partial charge in [-0.1, -0.05) is 36.5 Å². The first-order valence-electron chi connectivity index (χ1n) is 6.01. The van der Waals surface area contributed by atoms with Gasteiger partial charge >= 0.3 is 0 Å². The average molecular weight is 324 g/mol. The van der Waals surface area contributed by atoms with Crippen molar-refractivity contribution in [3.05, 3.63) is 65.5 Å². The second kappa shape index (κ2) is 6.19. The van der Waals surface area contributed by atoms with Crippen molar-refractivity contribution in [1.29, 1.82) is 0 Å². The summed E-state index contributed by atoms with van der Waals surface area (Å²) < 4.78 is 39.5. The van der Waals surface area contributed by atoms with Crippen LogP contribution in [0.1, 0.15) is 11.1 Å². The van der Waals surface area contributed by atoms with E-state index in [2.05, 4.69) is 4.72 Å². The van der Waals surface area contributed by atoms with Crippen LogP contribution in [0.4, 0.5) is 10.1 Å². The first kappa shape index (κ1) is 15.4. The SMILES string of the molecule is NC(=S)c1ccccc1CS(=O)(=O)Nc1ccc(F)cc1. The number of nitrogens with two attached hydrogens (primary N) is 1. The first-order valence-corrected chi connectivity index (χ1v) is 8.07. The Morgan fingerprint density at radius 1 is 1.14 bits per heavy atom. The third kappa shape index (κ3) is 4.24. The molecule has 110 valence electrons. The van der Waals surface area contributed by atoms with Crippen LogP contribution in [0.25, 0.3) is 0 Å². The summed E-state index contributed by atoms with van der Waals surface area (Å²) >= 11 is 4.90. The summed E-state index contributed by atoms with van der Waals surface area (Å²) in [5.41, 5.74) is 6.91. The summed E-state index contributed by atoms with van der Waals surface area (Å²) in [7, 11) is -3.64. The minimum absolute atomic E-state index is 0.141. The third-order valence-electron chi connectivity index (χ3n) is 2.75. The number of rotatable bonds is 5. The second-order valence-corrected chi connectivity index (χ2v) is 6.55. The topological polar surface area (TPSA) is 72.2 Å². The molecule has 0 saturated carbocycles. The van der Waals surface area contributed by atoms with Crippen molar-refractivity contribution >= 4 is 32.9 Å². The maximum absolute atomic E-state index is 12.8. The molecule has 4 nitrogen and oxygen atoms in total. The van der Waals surface area contributed by atoms with E-state index in [1.807, 2.05) is 0 Å². The molecule has 0 amide bonds. The van der Waals surface area contributed by atoms with Crippen molar-refractivity contribution in [2.24, 2.45) is 5.73 Å². The van der Waals surface area contributed by atoms with Gasteiger partial charge in [0.1, 0.15) is 10.8 Å². The molecule has 21 heavy (non-hydrogen) atoms. The van der Waals surface area contributed by atoms with E-state index in [0.717, 1.165) is 0 Å². The highest BCUT2D eigenvalue weighted by Crippen LogP contribution is 2.16. The molecule has 3 N–H and O–H groups in total. The predicted molar refractivity (Wildman–Crippen MR) is 85.0 cm³/mol. The molecule has 0 radical (unpaired) electrons. The van der Waals surface area contributed by atoms with Crippen molar-refractivity contribution in [2.45, 2.75) is 5.75 Å². The van der Waals surface area contributed by atoms with Crippen molar-refractivity contribution < 1.29 is 12.8 Å². The van der Waals surface area contributed by atoms with Crippen LogP contribution in [-0.4, -0.2) is 13.4 Å². The maximum Gasteiger partial charge on any atom is 0.236 e. The fraction of sp³-hybridized carbons (Fsp3) is 0.0714. The highest BCUT2D eigenvalue weighted by atomic mass is 32.2. The van der Waals surface area contributed by atoms with Crippen molar-refractivity contribution in [3.8, 4) is 0 Å². The molecule has 0 atom stereocenters. The summed E-state index contributed by atoms with van der Waals surface area (Å²) in [5.74, 6) is -0.700. The number of thiocarbonyl (C=S) groups is 1. The normalized spacial score (nSPS) is 11.1. The average Bonchev–Trinajstić information content (AvgIpc) is 2.41. The number of hydrogen-bond acceptors (Lipinski definition) is 3. The van der Waals surface area contributed by atoms with Gasteiger partial charge in [0.05, 0.1) is 5.75 Å². The smallest absolute Gasteiger partial charge is 0.236 e. The molecular weight excluding hydrogens is 311 g/mol. The highest BCUT2D eigenvalue weighted by molar-refractivity contribution is 7.91. The molecule has 0 aliphatic rings. The fourth-order valence-corrected chi connectivity index (χ4v) is 3.25. The number of benzene rings is 2. The number of halogens is 1. The number of nitrogens with one attached hydrogen (secondary N) is 1. The van der Waals surface area contributed by atoms with Crippen LogP contribution >= 0.6 is 12.2 Å². The molecule has 0 saturated heterocycles. The van der Waals surface area contributed by atoms with Crippen LogP contribution in [0.3, 0.4) is 0 Å². The molecule has 7 heteroatoms. The lowest BCUT2D eigenvalue weighted by atomic mass is 10.1. The Morgan fingerprint density at radius 2 is 1.76 bits per heavy atom. The van der Waals surface area contributed by atoms with Crippen LogP contribution in [0.2, 0.25) is 0 Å². The Hall–Kier alpha value is -1.99. The lowest BCUT2D eigenvalue weighted by Gasteiger charge is -2.11. The standard InChI is InChI=1S/C14H13FN2O2S2/c15-11-5-7-12(8-6-11)17-21(18,19)9-10-3-1-2-4-13(10)14(16)20/h1-8,17H,9H2,(H2,16,20). The number of sulfonamides is 1. The largest absolute Gasteiger partial charge is 0.389 e. The Balaban J connectivity index is 2.22. The van der Waals surface area contributed by atoms with Crippen LogP contribution in [0, 0.1) is 5.82 Å². The summed E-state index contributed by atoms with van der Waals surface area (Å²) in [5, 5.41) is 0. The molecule has 0 fully saturated rings. The van der Waals surface area contributed by atoms with Gasteiger partial charge < -0.3 is 5.73 Å². The van der Waals surface area contributed by atoms with Gasteiger partial charge in [-0.3, -0.25) is 4.72 Å². The lowest BCUT2D eigenvalue weighted by Crippen LogP contribution is -2.19. The maximum atomic E-state index is 12.8. The molecule has 0 aliphatic heterocycles. The van der Waals surface area contributed by atoms with E-state index >= 15 is 0 Å². The lowest BCUT2D eigenvalue weighted by molar-refractivity contribution is 0.600. The summed E-state index contributed by atoms with van der Waals surface area (Å²) in [6.45, 7) is 0. The monoisotopic (exact) mass is 324 g/mol. The van der Waals surface area contributed by atoms with Crippen LogP contribution < -0.4 is 10.5 Å². The minimum atomic E-state index is -3.64. The molecule has 2 aromatic carbocycles. The molecule has 0 heterocycles. The van der Waals surface area contributed by atoms with E-state index in [9.17, 15) is 12.8 Å². The van der Waals surface area contributed by atoms with Gasteiger partial charge in [0.15, 0.2) is 0 Å². The van der Waals surface area contributed by atoms with E-state index in [0.29, 0.717) is 16.8 Å². The molecule has 2 aromatic rings. The molecule has 0 spiro atoms. The zero-order chi connectivity index (χ0) is 15.5. The molecule has 2 rings (SSSR count). The number of anilines is 1. The number of hydrogen-bond donors (Lipinski definition) is 2. The van der Waals surface area contributed by atoms with E-state index in [1.54, 1.807) is 24.3 Å². The van der Waals surface area contributed by atoms with Crippen LogP contribution in [0.5, 0.6) is 0 Å². The van der Waals surface area contributed by atoms with Crippen molar-refractivity contribution in [3.63, 3.8) is 0 Å². The molecule has 0 bridgehead atoms. The third-order valence-corrected chi connectivity index (χ3v) is 4.20. The Morgan fingerprint density at radius 3 is 2.38 bits per heavy atom. The van der Waals surface area contributed by atoms with E-state index in [4.69, 9.17) is 18.0 Å². The Labute approximate surface area is 127 Å².